The smallest absolute Gasteiger partial charge is 0.00199 e. The van der Waals surface area contributed by atoms with Crippen molar-refractivity contribution in [3.8, 4) is 0 Å². The summed E-state index contributed by atoms with van der Waals surface area (Å²) in [6, 6.07) is 0. The molecule has 1 aliphatic carbocycles. The summed E-state index contributed by atoms with van der Waals surface area (Å²) in [5.74, 6) is 0. The Kier molecular flexibility index (Phi) is 5.49. The summed E-state index contributed by atoms with van der Waals surface area (Å²) < 4.78 is 0. The average molecular weight is 198 g/mol. The van der Waals surface area contributed by atoms with E-state index in [4.69, 9.17) is 5.73 Å². The van der Waals surface area contributed by atoms with Gasteiger partial charge in [0.25, 0.3) is 0 Å². The molecule has 0 aliphatic heterocycles. The molecule has 0 unspecified atom stereocenters. The predicted molar refractivity (Wildman–Crippen MR) is 62.4 cm³/mol. The lowest BCUT2D eigenvalue weighted by Gasteiger charge is -2.36. The van der Waals surface area contributed by atoms with Gasteiger partial charge in [0.05, 0.1) is 0 Å². The highest BCUT2D eigenvalue weighted by atomic mass is 14.9. The van der Waals surface area contributed by atoms with Gasteiger partial charge in [0, 0.05) is 6.54 Å². The third kappa shape index (κ3) is 3.58. The Labute approximate surface area is 88.6 Å². The first-order valence-electron chi connectivity index (χ1n) is 6.24. The standard InChI is InChI=1S/C12H26N2/c1-2-3-9-14-11-12(10-13)7-5-4-6-8-12/h14H,2-11,13H2,1H3. The van der Waals surface area contributed by atoms with E-state index >= 15 is 0 Å². The van der Waals surface area contributed by atoms with E-state index in [0.29, 0.717) is 5.41 Å². The van der Waals surface area contributed by atoms with E-state index in [9.17, 15) is 0 Å². The minimum absolute atomic E-state index is 0.436. The third-order valence-corrected chi connectivity index (χ3v) is 3.55. The fourth-order valence-corrected chi connectivity index (χ4v) is 2.41. The van der Waals surface area contributed by atoms with Gasteiger partial charge in [0.1, 0.15) is 0 Å². The summed E-state index contributed by atoms with van der Waals surface area (Å²) in [6.07, 6.45) is 9.42. The van der Waals surface area contributed by atoms with Gasteiger partial charge in [0.2, 0.25) is 0 Å². The van der Waals surface area contributed by atoms with Crippen LogP contribution >= 0.6 is 0 Å². The molecular weight excluding hydrogens is 172 g/mol. The second kappa shape index (κ2) is 6.41. The lowest BCUT2D eigenvalue weighted by atomic mass is 9.74. The first-order chi connectivity index (χ1) is 6.83. The number of hydrogen-bond acceptors (Lipinski definition) is 2. The van der Waals surface area contributed by atoms with Gasteiger partial charge < -0.3 is 11.1 Å². The van der Waals surface area contributed by atoms with E-state index in [1.165, 1.54) is 44.9 Å². The van der Waals surface area contributed by atoms with Crippen molar-refractivity contribution in [2.45, 2.75) is 51.9 Å². The van der Waals surface area contributed by atoms with Crippen molar-refractivity contribution in [1.29, 1.82) is 0 Å². The molecule has 0 aromatic rings. The molecule has 0 bridgehead atoms. The van der Waals surface area contributed by atoms with Crippen LogP contribution in [0, 0.1) is 5.41 Å². The molecule has 0 amide bonds. The quantitative estimate of drug-likeness (QED) is 0.643. The maximum Gasteiger partial charge on any atom is 0.00199 e. The molecule has 3 N–H and O–H groups in total. The molecule has 14 heavy (non-hydrogen) atoms. The van der Waals surface area contributed by atoms with Crippen LogP contribution in [0.5, 0.6) is 0 Å². The largest absolute Gasteiger partial charge is 0.330 e. The van der Waals surface area contributed by atoms with Gasteiger partial charge in [-0.05, 0) is 37.8 Å². The van der Waals surface area contributed by atoms with E-state index in [-0.39, 0.29) is 0 Å². The van der Waals surface area contributed by atoms with Crippen molar-refractivity contribution in [1.82, 2.24) is 5.32 Å². The first-order valence-corrected chi connectivity index (χ1v) is 6.24. The third-order valence-electron chi connectivity index (χ3n) is 3.55. The maximum absolute atomic E-state index is 5.91. The zero-order chi connectivity index (χ0) is 10.3. The van der Waals surface area contributed by atoms with Gasteiger partial charge in [-0.2, -0.15) is 0 Å². The molecule has 1 aliphatic rings. The molecule has 0 aromatic carbocycles. The normalized spacial score (nSPS) is 21.0. The zero-order valence-electron chi connectivity index (χ0n) is 9.65. The van der Waals surface area contributed by atoms with Gasteiger partial charge in [-0.15, -0.1) is 0 Å². The van der Waals surface area contributed by atoms with E-state index in [1.54, 1.807) is 0 Å². The summed E-state index contributed by atoms with van der Waals surface area (Å²) in [5.41, 5.74) is 6.35. The second-order valence-electron chi connectivity index (χ2n) is 4.80. The Balaban J connectivity index is 2.22. The summed E-state index contributed by atoms with van der Waals surface area (Å²) >= 11 is 0. The van der Waals surface area contributed by atoms with E-state index in [1.807, 2.05) is 0 Å². The highest BCUT2D eigenvalue weighted by molar-refractivity contribution is 4.85. The summed E-state index contributed by atoms with van der Waals surface area (Å²) in [4.78, 5) is 0. The molecule has 0 saturated heterocycles. The zero-order valence-corrected chi connectivity index (χ0v) is 9.65. The van der Waals surface area contributed by atoms with Gasteiger partial charge in [-0.3, -0.25) is 0 Å². The van der Waals surface area contributed by atoms with E-state index in [0.717, 1.165) is 19.6 Å². The number of nitrogens with one attached hydrogen (secondary N) is 1. The highest BCUT2D eigenvalue weighted by Gasteiger charge is 2.29. The van der Waals surface area contributed by atoms with Crippen LogP contribution < -0.4 is 11.1 Å². The Morgan fingerprint density at radius 3 is 2.50 bits per heavy atom. The first kappa shape index (κ1) is 12.0. The van der Waals surface area contributed by atoms with Gasteiger partial charge in [-0.25, -0.2) is 0 Å². The molecule has 0 aromatic heterocycles. The van der Waals surface area contributed by atoms with Crippen LogP contribution in [-0.4, -0.2) is 19.6 Å². The fraction of sp³-hybridized carbons (Fsp3) is 1.00. The van der Waals surface area contributed by atoms with Gasteiger partial charge in [-0.1, -0.05) is 32.6 Å². The van der Waals surface area contributed by atoms with E-state index in [2.05, 4.69) is 12.2 Å². The molecule has 1 rings (SSSR count). The van der Waals surface area contributed by atoms with Crippen molar-refractivity contribution in [3.05, 3.63) is 0 Å². The second-order valence-corrected chi connectivity index (χ2v) is 4.80. The number of hydrogen-bond donors (Lipinski definition) is 2. The molecule has 0 heterocycles. The van der Waals surface area contributed by atoms with Crippen LogP contribution in [0.4, 0.5) is 0 Å². The van der Waals surface area contributed by atoms with Crippen LogP contribution in [0.2, 0.25) is 0 Å². The Morgan fingerprint density at radius 2 is 1.93 bits per heavy atom. The van der Waals surface area contributed by atoms with Crippen molar-refractivity contribution in [3.63, 3.8) is 0 Å². The topological polar surface area (TPSA) is 38.0 Å². The van der Waals surface area contributed by atoms with Crippen LogP contribution in [0.3, 0.4) is 0 Å². The van der Waals surface area contributed by atoms with Crippen LogP contribution in [0.25, 0.3) is 0 Å². The van der Waals surface area contributed by atoms with Crippen molar-refractivity contribution >= 4 is 0 Å². The molecule has 2 nitrogen and oxygen atoms in total. The van der Waals surface area contributed by atoms with Crippen LogP contribution in [0.15, 0.2) is 0 Å². The molecule has 0 atom stereocenters. The molecule has 1 saturated carbocycles. The summed E-state index contributed by atoms with van der Waals surface area (Å²) in [5, 5.41) is 3.57. The predicted octanol–water partition coefficient (Wildman–Crippen LogP) is 2.29. The minimum atomic E-state index is 0.436. The average Bonchev–Trinajstić information content (AvgIpc) is 2.26. The Hall–Kier alpha value is -0.0800. The van der Waals surface area contributed by atoms with E-state index < -0.39 is 0 Å². The number of unbranched alkanes of at least 4 members (excludes halogenated alkanes) is 1. The molecule has 0 spiro atoms. The number of rotatable bonds is 6. The molecule has 2 heteroatoms. The van der Waals surface area contributed by atoms with Gasteiger partial charge in [0.15, 0.2) is 0 Å². The Bertz CT molecular complexity index is 139. The monoisotopic (exact) mass is 198 g/mol. The lowest BCUT2D eigenvalue weighted by molar-refractivity contribution is 0.191. The Morgan fingerprint density at radius 1 is 1.21 bits per heavy atom. The number of nitrogens with two attached hydrogens (primary N) is 1. The highest BCUT2D eigenvalue weighted by Crippen LogP contribution is 2.34. The van der Waals surface area contributed by atoms with Crippen molar-refractivity contribution in [2.24, 2.45) is 11.1 Å². The molecular formula is C12H26N2. The SMILES string of the molecule is CCCCNCC1(CN)CCCCC1. The molecule has 84 valence electrons. The minimum Gasteiger partial charge on any atom is -0.330 e. The molecule has 1 fully saturated rings. The fourth-order valence-electron chi connectivity index (χ4n) is 2.41. The van der Waals surface area contributed by atoms with Gasteiger partial charge >= 0.3 is 0 Å². The van der Waals surface area contributed by atoms with Crippen molar-refractivity contribution < 1.29 is 0 Å². The summed E-state index contributed by atoms with van der Waals surface area (Å²) in [7, 11) is 0. The summed E-state index contributed by atoms with van der Waals surface area (Å²) in [6.45, 7) is 5.41. The van der Waals surface area contributed by atoms with Crippen LogP contribution in [-0.2, 0) is 0 Å². The molecule has 0 radical (unpaired) electrons. The van der Waals surface area contributed by atoms with Crippen LogP contribution in [0.1, 0.15) is 51.9 Å². The maximum atomic E-state index is 5.91. The van der Waals surface area contributed by atoms with Crippen molar-refractivity contribution in [2.75, 3.05) is 19.6 Å². The lowest BCUT2D eigenvalue weighted by Crippen LogP contribution is -2.42.